The Bertz CT molecular complexity index is 1420. The van der Waals surface area contributed by atoms with Crippen LogP contribution < -0.4 is 5.32 Å². The van der Waals surface area contributed by atoms with Crippen LogP contribution in [0.3, 0.4) is 0 Å². The molecule has 218 valence electrons. The minimum Gasteiger partial charge on any atom is -0.431 e. The molecule has 3 unspecified atom stereocenters. The lowest BCUT2D eigenvalue weighted by Gasteiger charge is -2.40. The van der Waals surface area contributed by atoms with Crippen LogP contribution in [0.2, 0.25) is 0 Å². The van der Waals surface area contributed by atoms with Crippen molar-refractivity contribution in [2.24, 2.45) is 10.9 Å². The normalized spacial score (nSPS) is 22.9. The maximum absolute atomic E-state index is 13.9. The Hall–Kier alpha value is -3.01. The molecule has 0 aliphatic carbocycles. The molecule has 0 radical (unpaired) electrons. The van der Waals surface area contributed by atoms with Crippen molar-refractivity contribution < 1.29 is 49.1 Å². The number of rotatable bonds is 4. The second-order valence-electron chi connectivity index (χ2n) is 9.59. The van der Waals surface area contributed by atoms with E-state index in [1.807, 2.05) is 0 Å². The number of fused-ring (bicyclic) bond motifs is 1. The molecule has 2 aromatic rings. The Morgan fingerprint density at radius 1 is 1.07 bits per heavy atom. The molecule has 0 bridgehead atoms. The lowest BCUT2D eigenvalue weighted by molar-refractivity contribution is -0.160. The van der Waals surface area contributed by atoms with Crippen molar-refractivity contribution in [3.63, 3.8) is 0 Å². The van der Waals surface area contributed by atoms with Crippen LogP contribution >= 0.6 is 0 Å². The van der Waals surface area contributed by atoms with Gasteiger partial charge in [0.15, 0.2) is 5.90 Å². The number of hydroxylamine groups is 2. The van der Waals surface area contributed by atoms with Gasteiger partial charge in [-0.05, 0) is 66.4 Å². The minimum absolute atomic E-state index is 0.00217. The fourth-order valence-electron chi connectivity index (χ4n) is 4.72. The second kappa shape index (κ2) is 10.8. The number of hydrogen-bond donors (Lipinski definition) is 2. The standard InChI is InChI=1S/C25H24F7N3O4S/c1-13-5-17(26)3-4-18(13)21-10-22(40(2,37)38)39-23-19(11-33-12-34-23)20(35(21)36)8-14-6-15(24(27,28)29)9-16(7-14)25(30,31)32/h3-7,9-10,19-21,33,36H,8,11-12H2,1-2H3. The third-order valence-electron chi connectivity index (χ3n) is 6.62. The third-order valence-corrected chi connectivity index (χ3v) is 7.58. The van der Waals surface area contributed by atoms with Gasteiger partial charge in [0.05, 0.1) is 35.8 Å². The lowest BCUT2D eigenvalue weighted by Crippen LogP contribution is -2.52. The fraction of sp³-hybridized carbons (Fsp3) is 0.400. The molecule has 0 spiro atoms. The Labute approximate surface area is 224 Å². The molecule has 3 atom stereocenters. The van der Waals surface area contributed by atoms with Crippen molar-refractivity contribution >= 4 is 15.7 Å². The van der Waals surface area contributed by atoms with E-state index < -0.39 is 74.2 Å². The van der Waals surface area contributed by atoms with E-state index >= 15 is 0 Å². The average Bonchev–Trinajstić information content (AvgIpc) is 2.83. The van der Waals surface area contributed by atoms with Crippen LogP contribution in [0.25, 0.3) is 0 Å². The first-order valence-electron chi connectivity index (χ1n) is 11.8. The smallest absolute Gasteiger partial charge is 0.416 e. The van der Waals surface area contributed by atoms with Crippen LogP contribution in [-0.4, -0.2) is 50.1 Å². The fourth-order valence-corrected chi connectivity index (χ4v) is 5.33. The highest BCUT2D eigenvalue weighted by Gasteiger charge is 2.42. The van der Waals surface area contributed by atoms with Gasteiger partial charge in [-0.15, -0.1) is 0 Å². The van der Waals surface area contributed by atoms with Gasteiger partial charge in [-0.2, -0.15) is 31.4 Å². The summed E-state index contributed by atoms with van der Waals surface area (Å²) in [6.07, 6.45) is -8.82. The van der Waals surface area contributed by atoms with Gasteiger partial charge in [-0.1, -0.05) is 6.07 Å². The number of aliphatic imine (C=N–C) groups is 1. The number of nitrogens with zero attached hydrogens (tertiary/aromatic N) is 2. The zero-order chi connectivity index (χ0) is 29.6. The molecule has 40 heavy (non-hydrogen) atoms. The molecule has 0 saturated heterocycles. The van der Waals surface area contributed by atoms with Gasteiger partial charge in [-0.25, -0.2) is 17.8 Å². The summed E-state index contributed by atoms with van der Waals surface area (Å²) in [5.41, 5.74) is -2.92. The van der Waals surface area contributed by atoms with Crippen molar-refractivity contribution in [2.45, 2.75) is 37.8 Å². The van der Waals surface area contributed by atoms with Gasteiger partial charge in [0.1, 0.15) is 5.82 Å². The quantitative estimate of drug-likeness (QED) is 0.484. The summed E-state index contributed by atoms with van der Waals surface area (Å²) in [5.74, 6) is -1.79. The number of halogens is 7. The summed E-state index contributed by atoms with van der Waals surface area (Å²) < 4.78 is 126. The first-order valence-corrected chi connectivity index (χ1v) is 13.7. The third kappa shape index (κ3) is 6.48. The molecule has 7 nitrogen and oxygen atoms in total. The summed E-state index contributed by atoms with van der Waals surface area (Å²) >= 11 is 0. The molecule has 0 saturated carbocycles. The summed E-state index contributed by atoms with van der Waals surface area (Å²) in [6.45, 7) is 1.48. The number of sulfone groups is 1. The zero-order valence-electron chi connectivity index (χ0n) is 21.0. The maximum atomic E-state index is 13.9. The van der Waals surface area contributed by atoms with Crippen LogP contribution in [0.5, 0.6) is 0 Å². The van der Waals surface area contributed by atoms with Gasteiger partial charge in [-0.3, -0.25) is 5.32 Å². The highest BCUT2D eigenvalue weighted by Crippen LogP contribution is 2.39. The van der Waals surface area contributed by atoms with Crippen LogP contribution in [-0.2, 0) is 33.3 Å². The van der Waals surface area contributed by atoms with E-state index in [2.05, 4.69) is 10.3 Å². The summed E-state index contributed by atoms with van der Waals surface area (Å²) in [6, 6.07) is 2.00. The highest BCUT2D eigenvalue weighted by molar-refractivity contribution is 7.94. The molecule has 0 amide bonds. The minimum atomic E-state index is -5.08. The molecule has 15 heteroatoms. The second-order valence-corrected chi connectivity index (χ2v) is 11.5. The van der Waals surface area contributed by atoms with Crippen molar-refractivity contribution in [2.75, 3.05) is 19.5 Å². The van der Waals surface area contributed by atoms with Crippen LogP contribution in [0.1, 0.15) is 33.9 Å². The Kier molecular flexibility index (Phi) is 8.06. The van der Waals surface area contributed by atoms with Crippen LogP contribution in [0.4, 0.5) is 30.7 Å². The molecule has 0 fully saturated rings. The SMILES string of the molecule is Cc1cc(F)ccc1C1C=C(S(C)(=O)=O)OC2=NCNCC2C(Cc2cc(C(F)(F)F)cc(C(F)(F)F)c2)N1O. The zero-order valence-corrected chi connectivity index (χ0v) is 21.8. The highest BCUT2D eigenvalue weighted by atomic mass is 32.2. The number of benzene rings is 2. The molecular formula is C25H24F7N3O4S. The maximum Gasteiger partial charge on any atom is 0.416 e. The monoisotopic (exact) mass is 595 g/mol. The Morgan fingerprint density at radius 3 is 2.25 bits per heavy atom. The Morgan fingerprint density at radius 2 is 1.70 bits per heavy atom. The van der Waals surface area contributed by atoms with Gasteiger partial charge >= 0.3 is 12.4 Å². The van der Waals surface area contributed by atoms with Gasteiger partial charge in [0, 0.05) is 12.8 Å². The largest absolute Gasteiger partial charge is 0.431 e. The van der Waals surface area contributed by atoms with E-state index in [1.165, 1.54) is 13.0 Å². The molecule has 2 aliphatic rings. The first-order chi connectivity index (χ1) is 18.4. The van der Waals surface area contributed by atoms with E-state index in [-0.39, 0.29) is 30.7 Å². The topological polar surface area (TPSA) is 91.2 Å². The molecule has 2 heterocycles. The van der Waals surface area contributed by atoms with Crippen molar-refractivity contribution in [3.05, 3.63) is 81.2 Å². The lowest BCUT2D eigenvalue weighted by atomic mass is 9.88. The van der Waals surface area contributed by atoms with Gasteiger partial charge in [0.25, 0.3) is 0 Å². The number of hydrogen-bond acceptors (Lipinski definition) is 7. The van der Waals surface area contributed by atoms with E-state index in [4.69, 9.17) is 4.74 Å². The average molecular weight is 596 g/mol. The van der Waals surface area contributed by atoms with E-state index in [1.54, 1.807) is 0 Å². The molecule has 2 N–H and O–H groups in total. The van der Waals surface area contributed by atoms with E-state index in [0.717, 1.165) is 24.5 Å². The molecule has 2 aromatic carbocycles. The summed E-state index contributed by atoms with van der Waals surface area (Å²) in [7, 11) is -4.05. The number of alkyl halides is 6. The predicted molar refractivity (Wildman–Crippen MR) is 129 cm³/mol. The van der Waals surface area contributed by atoms with Crippen molar-refractivity contribution in [3.8, 4) is 0 Å². The molecule has 2 aliphatic heterocycles. The van der Waals surface area contributed by atoms with E-state index in [0.29, 0.717) is 22.8 Å². The van der Waals surface area contributed by atoms with E-state index in [9.17, 15) is 44.4 Å². The number of aryl methyl sites for hydroxylation is 1. The molecular weight excluding hydrogens is 571 g/mol. The van der Waals surface area contributed by atoms with Crippen LogP contribution in [0, 0.1) is 18.7 Å². The summed E-state index contributed by atoms with van der Waals surface area (Å²) in [4.78, 5) is 4.11. The number of nitrogens with one attached hydrogen (secondary N) is 1. The van der Waals surface area contributed by atoms with Crippen LogP contribution in [0.15, 0.2) is 52.6 Å². The molecule has 0 aromatic heterocycles. The number of ether oxygens (including phenoxy) is 1. The van der Waals surface area contributed by atoms with Crippen molar-refractivity contribution in [1.29, 1.82) is 0 Å². The molecule has 4 rings (SSSR count). The first kappa shape index (κ1) is 30.0. The van der Waals surface area contributed by atoms with Gasteiger partial charge in [0.2, 0.25) is 14.9 Å². The van der Waals surface area contributed by atoms with Gasteiger partial charge < -0.3 is 9.94 Å². The predicted octanol–water partition coefficient (Wildman–Crippen LogP) is 5.01. The Balaban J connectivity index is 1.90. The summed E-state index contributed by atoms with van der Waals surface area (Å²) in [5, 5.41) is 14.5. The van der Waals surface area contributed by atoms with Crippen molar-refractivity contribution in [1.82, 2.24) is 10.4 Å².